The predicted molar refractivity (Wildman–Crippen MR) is 72.2 cm³/mol. The number of aromatic nitrogens is 2. The van der Waals surface area contributed by atoms with Gasteiger partial charge < -0.3 is 14.4 Å². The molecule has 0 saturated carbocycles. The zero-order valence-corrected chi connectivity index (χ0v) is 10.6. The molecular weight excluding hydrogens is 256 g/mol. The number of para-hydroxylation sites is 2. The number of aromatic hydroxyl groups is 1. The standard InChI is InChI=1S/C15H12N2O3/c18-13-9-5-4-8-12(13)15-16-14(17-20-15)10-19-11-6-2-1-3-7-11/h1-9,18H,10H2. The Morgan fingerprint density at radius 3 is 2.55 bits per heavy atom. The van der Waals surface area contributed by atoms with Gasteiger partial charge in [0.2, 0.25) is 5.82 Å². The van der Waals surface area contributed by atoms with Gasteiger partial charge in [0.15, 0.2) is 6.61 Å². The molecule has 0 unspecified atom stereocenters. The van der Waals surface area contributed by atoms with Gasteiger partial charge in [-0.05, 0) is 24.3 Å². The first-order valence-electron chi connectivity index (χ1n) is 6.12. The molecule has 0 atom stereocenters. The van der Waals surface area contributed by atoms with Gasteiger partial charge in [0, 0.05) is 0 Å². The molecular formula is C15H12N2O3. The summed E-state index contributed by atoms with van der Waals surface area (Å²) in [7, 11) is 0. The second kappa shape index (κ2) is 5.44. The van der Waals surface area contributed by atoms with E-state index in [1.165, 1.54) is 0 Å². The molecule has 0 spiro atoms. The minimum absolute atomic E-state index is 0.103. The molecule has 0 radical (unpaired) electrons. The SMILES string of the molecule is Oc1ccccc1-c1nc(COc2ccccc2)no1. The number of phenols is 1. The molecule has 0 aliphatic rings. The molecule has 0 bridgehead atoms. The lowest BCUT2D eigenvalue weighted by Crippen LogP contribution is -1.97. The molecule has 0 saturated heterocycles. The Balaban J connectivity index is 1.73. The van der Waals surface area contributed by atoms with Crippen LogP contribution in [0.15, 0.2) is 59.1 Å². The van der Waals surface area contributed by atoms with Crippen molar-refractivity contribution in [1.82, 2.24) is 10.1 Å². The smallest absolute Gasteiger partial charge is 0.261 e. The van der Waals surface area contributed by atoms with E-state index in [2.05, 4.69) is 10.1 Å². The van der Waals surface area contributed by atoms with Gasteiger partial charge in [-0.2, -0.15) is 4.98 Å². The van der Waals surface area contributed by atoms with Crippen LogP contribution < -0.4 is 4.74 Å². The molecule has 100 valence electrons. The van der Waals surface area contributed by atoms with Gasteiger partial charge in [0.1, 0.15) is 11.5 Å². The van der Waals surface area contributed by atoms with E-state index >= 15 is 0 Å². The van der Waals surface area contributed by atoms with Crippen LogP contribution in [0.5, 0.6) is 11.5 Å². The second-order valence-corrected chi connectivity index (χ2v) is 4.13. The van der Waals surface area contributed by atoms with Crippen molar-refractivity contribution in [2.24, 2.45) is 0 Å². The normalized spacial score (nSPS) is 10.4. The van der Waals surface area contributed by atoms with Crippen LogP contribution in [0.4, 0.5) is 0 Å². The van der Waals surface area contributed by atoms with Gasteiger partial charge in [-0.3, -0.25) is 0 Å². The molecule has 2 aromatic carbocycles. The average Bonchev–Trinajstić information content (AvgIpc) is 2.95. The van der Waals surface area contributed by atoms with Crippen LogP contribution in [0.1, 0.15) is 5.82 Å². The highest BCUT2D eigenvalue weighted by atomic mass is 16.5. The average molecular weight is 268 g/mol. The van der Waals surface area contributed by atoms with Crippen molar-refractivity contribution < 1.29 is 14.4 Å². The minimum Gasteiger partial charge on any atom is -0.507 e. The first-order chi connectivity index (χ1) is 9.83. The first-order valence-corrected chi connectivity index (χ1v) is 6.12. The lowest BCUT2D eigenvalue weighted by molar-refractivity contribution is 0.287. The number of rotatable bonds is 4. The summed E-state index contributed by atoms with van der Waals surface area (Å²) in [4.78, 5) is 4.19. The molecule has 0 fully saturated rings. The molecule has 1 aromatic heterocycles. The minimum atomic E-state index is 0.103. The van der Waals surface area contributed by atoms with Crippen molar-refractivity contribution in [2.45, 2.75) is 6.61 Å². The monoisotopic (exact) mass is 268 g/mol. The zero-order chi connectivity index (χ0) is 13.8. The van der Waals surface area contributed by atoms with E-state index in [9.17, 15) is 5.11 Å². The van der Waals surface area contributed by atoms with E-state index in [0.717, 1.165) is 5.75 Å². The van der Waals surface area contributed by atoms with Crippen LogP contribution in [0.2, 0.25) is 0 Å². The lowest BCUT2D eigenvalue weighted by Gasteiger charge is -2.01. The number of nitrogens with zero attached hydrogens (tertiary/aromatic N) is 2. The number of hydrogen-bond donors (Lipinski definition) is 1. The third-order valence-corrected chi connectivity index (χ3v) is 2.71. The maximum atomic E-state index is 9.72. The fraction of sp³-hybridized carbons (Fsp3) is 0.0667. The van der Waals surface area contributed by atoms with E-state index in [1.54, 1.807) is 24.3 Å². The molecule has 5 heteroatoms. The topological polar surface area (TPSA) is 68.4 Å². The van der Waals surface area contributed by atoms with Crippen molar-refractivity contribution in [2.75, 3.05) is 0 Å². The van der Waals surface area contributed by atoms with E-state index in [0.29, 0.717) is 11.4 Å². The largest absolute Gasteiger partial charge is 0.507 e. The summed E-state index contributed by atoms with van der Waals surface area (Å²) in [5.41, 5.74) is 0.506. The zero-order valence-electron chi connectivity index (χ0n) is 10.6. The molecule has 1 heterocycles. The van der Waals surface area contributed by atoms with Gasteiger partial charge in [-0.25, -0.2) is 0 Å². The lowest BCUT2D eigenvalue weighted by atomic mass is 10.2. The summed E-state index contributed by atoms with van der Waals surface area (Å²) < 4.78 is 10.6. The molecule has 3 aromatic rings. The Morgan fingerprint density at radius 2 is 1.75 bits per heavy atom. The highest BCUT2D eigenvalue weighted by molar-refractivity contribution is 5.61. The highest BCUT2D eigenvalue weighted by Crippen LogP contribution is 2.26. The van der Waals surface area contributed by atoms with E-state index < -0.39 is 0 Å². The summed E-state index contributed by atoms with van der Waals surface area (Å²) in [5, 5.41) is 13.5. The van der Waals surface area contributed by atoms with Crippen LogP contribution in [0.25, 0.3) is 11.5 Å². The van der Waals surface area contributed by atoms with Gasteiger partial charge in [-0.15, -0.1) is 0 Å². The number of benzene rings is 2. The third-order valence-electron chi connectivity index (χ3n) is 2.71. The summed E-state index contributed by atoms with van der Waals surface area (Å²) in [6.07, 6.45) is 0. The van der Waals surface area contributed by atoms with E-state index in [1.807, 2.05) is 30.3 Å². The molecule has 0 aliphatic heterocycles. The van der Waals surface area contributed by atoms with E-state index in [4.69, 9.17) is 9.26 Å². The van der Waals surface area contributed by atoms with Crippen LogP contribution in [-0.2, 0) is 6.61 Å². The maximum Gasteiger partial charge on any atom is 0.261 e. The van der Waals surface area contributed by atoms with Crippen LogP contribution in [0, 0.1) is 0 Å². The Bertz CT molecular complexity index is 695. The number of hydrogen-bond acceptors (Lipinski definition) is 5. The Hall–Kier alpha value is -2.82. The van der Waals surface area contributed by atoms with Crippen molar-refractivity contribution in [3.63, 3.8) is 0 Å². The fourth-order valence-corrected chi connectivity index (χ4v) is 1.74. The highest BCUT2D eigenvalue weighted by Gasteiger charge is 2.12. The molecule has 20 heavy (non-hydrogen) atoms. The summed E-state index contributed by atoms with van der Waals surface area (Å²) in [6.45, 7) is 0.209. The van der Waals surface area contributed by atoms with Crippen LogP contribution in [-0.4, -0.2) is 15.2 Å². The van der Waals surface area contributed by atoms with Crippen molar-refractivity contribution >= 4 is 0 Å². The fourth-order valence-electron chi connectivity index (χ4n) is 1.74. The van der Waals surface area contributed by atoms with E-state index in [-0.39, 0.29) is 18.2 Å². The summed E-state index contributed by atoms with van der Waals surface area (Å²) in [6, 6.07) is 16.2. The van der Waals surface area contributed by atoms with Gasteiger partial charge in [0.25, 0.3) is 5.89 Å². The van der Waals surface area contributed by atoms with Crippen molar-refractivity contribution in [3.05, 3.63) is 60.4 Å². The second-order valence-electron chi connectivity index (χ2n) is 4.13. The van der Waals surface area contributed by atoms with Gasteiger partial charge in [-0.1, -0.05) is 35.5 Å². The molecule has 3 rings (SSSR count). The number of phenolic OH excluding ortho intramolecular Hbond substituents is 1. The van der Waals surface area contributed by atoms with Gasteiger partial charge >= 0.3 is 0 Å². The molecule has 1 N–H and O–H groups in total. The Labute approximate surface area is 115 Å². The quantitative estimate of drug-likeness (QED) is 0.787. The molecule has 5 nitrogen and oxygen atoms in total. The van der Waals surface area contributed by atoms with Crippen LogP contribution >= 0.6 is 0 Å². The first kappa shape index (κ1) is 12.2. The van der Waals surface area contributed by atoms with Crippen LogP contribution in [0.3, 0.4) is 0 Å². The van der Waals surface area contributed by atoms with Crippen molar-refractivity contribution in [1.29, 1.82) is 0 Å². The predicted octanol–water partition coefficient (Wildman–Crippen LogP) is 3.02. The number of ether oxygens (including phenoxy) is 1. The summed E-state index contributed by atoms with van der Waals surface area (Å²) >= 11 is 0. The maximum absolute atomic E-state index is 9.72. The van der Waals surface area contributed by atoms with Gasteiger partial charge in [0.05, 0.1) is 5.56 Å². The Kier molecular flexibility index (Phi) is 3.33. The third kappa shape index (κ3) is 2.61. The molecule has 0 aliphatic carbocycles. The van der Waals surface area contributed by atoms with Crippen molar-refractivity contribution in [3.8, 4) is 23.0 Å². The molecule has 0 amide bonds. The Morgan fingerprint density at radius 1 is 1.00 bits per heavy atom. The summed E-state index contributed by atoms with van der Waals surface area (Å²) in [5.74, 6) is 1.54.